The number of benzene rings is 1. The quantitative estimate of drug-likeness (QED) is 0.595. The molecule has 0 aliphatic carbocycles. The summed E-state index contributed by atoms with van der Waals surface area (Å²) in [5, 5.41) is 4.82. The molecule has 9 heteroatoms. The zero-order valence-electron chi connectivity index (χ0n) is 15.6. The standard InChI is InChI=1S/C19H21ClN4O4/c1-3-8(2)24-16(26)13-11(7-12(21)25)23-19(14(13)17(24)27)9-5-4-6-10(20)15(9)22-18(19)28/h4-6,8,11,13-14,23H,3,7H2,1-2H3,(H2,21,25)(H,22,28)/p+1/t8-,11-,13+,14-,19+/m0/s1. The monoisotopic (exact) mass is 405 g/mol. The van der Waals surface area contributed by atoms with Crippen LogP contribution in [0, 0.1) is 11.8 Å². The van der Waals surface area contributed by atoms with E-state index in [1.165, 1.54) is 4.90 Å². The van der Waals surface area contributed by atoms with Crippen LogP contribution in [0.25, 0.3) is 0 Å². The van der Waals surface area contributed by atoms with Crippen molar-refractivity contribution in [3.63, 3.8) is 0 Å². The number of anilines is 1. The molecule has 2 fully saturated rings. The summed E-state index contributed by atoms with van der Waals surface area (Å²) in [6.07, 6.45) is 0.502. The number of fused-ring (bicyclic) bond motifs is 4. The molecule has 1 spiro atoms. The fourth-order valence-electron chi connectivity index (χ4n) is 5.01. The Hall–Kier alpha value is -2.45. The second-order valence-electron chi connectivity index (χ2n) is 7.79. The van der Waals surface area contributed by atoms with E-state index in [4.69, 9.17) is 17.3 Å². The maximum absolute atomic E-state index is 13.4. The molecule has 148 valence electrons. The molecule has 3 heterocycles. The van der Waals surface area contributed by atoms with E-state index in [9.17, 15) is 19.2 Å². The van der Waals surface area contributed by atoms with Crippen LogP contribution >= 0.6 is 11.6 Å². The zero-order chi connectivity index (χ0) is 20.4. The molecule has 28 heavy (non-hydrogen) atoms. The molecule has 5 atom stereocenters. The molecule has 2 saturated heterocycles. The highest BCUT2D eigenvalue weighted by atomic mass is 35.5. The number of quaternary nitrogens is 1. The molecular weight excluding hydrogens is 384 g/mol. The van der Waals surface area contributed by atoms with Crippen LogP contribution in [-0.4, -0.2) is 40.6 Å². The number of amides is 4. The second kappa shape index (κ2) is 6.28. The molecule has 0 bridgehead atoms. The van der Waals surface area contributed by atoms with Gasteiger partial charge in [0.2, 0.25) is 23.3 Å². The summed E-state index contributed by atoms with van der Waals surface area (Å²) in [5.74, 6) is -3.39. The van der Waals surface area contributed by atoms with Crippen molar-refractivity contribution in [2.75, 3.05) is 5.32 Å². The van der Waals surface area contributed by atoms with Gasteiger partial charge in [-0.2, -0.15) is 0 Å². The van der Waals surface area contributed by atoms with Gasteiger partial charge in [-0.3, -0.25) is 24.1 Å². The normalized spacial score (nSPS) is 31.9. The maximum Gasteiger partial charge on any atom is 0.291 e. The third kappa shape index (κ3) is 2.28. The lowest BCUT2D eigenvalue weighted by molar-refractivity contribution is -0.732. The zero-order valence-corrected chi connectivity index (χ0v) is 16.3. The molecule has 3 aliphatic heterocycles. The number of nitrogens with one attached hydrogen (secondary N) is 1. The number of hydrogen-bond acceptors (Lipinski definition) is 4. The van der Waals surface area contributed by atoms with Crippen LogP contribution in [0.4, 0.5) is 5.69 Å². The lowest BCUT2D eigenvalue weighted by Gasteiger charge is -2.28. The van der Waals surface area contributed by atoms with Crippen molar-refractivity contribution in [2.45, 2.75) is 44.3 Å². The van der Waals surface area contributed by atoms with E-state index in [-0.39, 0.29) is 24.3 Å². The van der Waals surface area contributed by atoms with Crippen LogP contribution in [-0.2, 0) is 24.7 Å². The number of imide groups is 1. The fourth-order valence-corrected chi connectivity index (χ4v) is 5.23. The summed E-state index contributed by atoms with van der Waals surface area (Å²) in [6, 6.07) is 4.22. The Labute approximate surface area is 166 Å². The van der Waals surface area contributed by atoms with E-state index >= 15 is 0 Å². The van der Waals surface area contributed by atoms with E-state index in [0.717, 1.165) is 0 Å². The van der Waals surface area contributed by atoms with E-state index < -0.39 is 35.2 Å². The first-order chi connectivity index (χ1) is 13.2. The van der Waals surface area contributed by atoms with Gasteiger partial charge < -0.3 is 16.4 Å². The van der Waals surface area contributed by atoms with E-state index in [1.54, 1.807) is 30.4 Å². The van der Waals surface area contributed by atoms with Gasteiger partial charge in [0, 0.05) is 11.6 Å². The average molecular weight is 406 g/mol. The first-order valence-electron chi connectivity index (χ1n) is 9.35. The number of para-hydroxylation sites is 1. The smallest absolute Gasteiger partial charge is 0.291 e. The lowest BCUT2D eigenvalue weighted by atomic mass is 9.76. The minimum atomic E-state index is -1.33. The van der Waals surface area contributed by atoms with E-state index in [0.29, 0.717) is 22.7 Å². The molecule has 1 aromatic rings. The molecule has 0 radical (unpaired) electrons. The Kier molecular flexibility index (Phi) is 4.24. The summed E-state index contributed by atoms with van der Waals surface area (Å²) in [4.78, 5) is 52.7. The van der Waals surface area contributed by atoms with Crippen molar-refractivity contribution in [2.24, 2.45) is 17.6 Å². The Morgan fingerprint density at radius 3 is 2.71 bits per heavy atom. The van der Waals surface area contributed by atoms with Gasteiger partial charge in [0.1, 0.15) is 17.9 Å². The van der Waals surface area contributed by atoms with Gasteiger partial charge in [-0.05, 0) is 25.5 Å². The molecular formula is C19H22ClN4O4+. The Balaban J connectivity index is 1.90. The summed E-state index contributed by atoms with van der Waals surface area (Å²) in [5.41, 5.74) is 5.09. The van der Waals surface area contributed by atoms with Crippen molar-refractivity contribution in [3.05, 3.63) is 28.8 Å². The molecule has 0 aromatic heterocycles. The first-order valence-corrected chi connectivity index (χ1v) is 9.73. The second-order valence-corrected chi connectivity index (χ2v) is 8.20. The largest absolute Gasteiger partial charge is 0.369 e. The Morgan fingerprint density at radius 1 is 1.36 bits per heavy atom. The molecule has 4 rings (SSSR count). The van der Waals surface area contributed by atoms with Crippen LogP contribution in [0.1, 0.15) is 32.3 Å². The van der Waals surface area contributed by atoms with Gasteiger partial charge in [0.05, 0.1) is 17.1 Å². The number of rotatable bonds is 4. The number of carbonyl (C=O) groups is 4. The lowest BCUT2D eigenvalue weighted by Crippen LogP contribution is -2.99. The van der Waals surface area contributed by atoms with Gasteiger partial charge >= 0.3 is 0 Å². The van der Waals surface area contributed by atoms with Gasteiger partial charge in [0.25, 0.3) is 5.91 Å². The van der Waals surface area contributed by atoms with Crippen molar-refractivity contribution in [3.8, 4) is 0 Å². The topological polar surface area (TPSA) is 126 Å². The molecule has 0 saturated carbocycles. The average Bonchev–Trinajstić information content (AvgIpc) is 3.21. The number of hydrogen-bond donors (Lipinski definition) is 3. The maximum atomic E-state index is 13.4. The van der Waals surface area contributed by atoms with Gasteiger partial charge in [-0.25, -0.2) is 0 Å². The summed E-state index contributed by atoms with van der Waals surface area (Å²) in [7, 11) is 0. The summed E-state index contributed by atoms with van der Waals surface area (Å²) in [6.45, 7) is 3.69. The molecule has 0 unspecified atom stereocenters. The molecule has 4 amide bonds. The van der Waals surface area contributed by atoms with Crippen molar-refractivity contribution in [1.29, 1.82) is 0 Å². The Morgan fingerprint density at radius 2 is 2.07 bits per heavy atom. The number of primary amides is 1. The highest BCUT2D eigenvalue weighted by molar-refractivity contribution is 6.35. The summed E-state index contributed by atoms with van der Waals surface area (Å²) < 4.78 is 0. The minimum Gasteiger partial charge on any atom is -0.369 e. The fraction of sp³-hybridized carbons (Fsp3) is 0.474. The van der Waals surface area contributed by atoms with Crippen molar-refractivity contribution in [1.82, 2.24) is 4.90 Å². The number of nitrogens with zero attached hydrogens (tertiary/aromatic N) is 1. The third-order valence-corrected chi connectivity index (χ3v) is 6.67. The number of likely N-dealkylation sites (tertiary alicyclic amines) is 1. The predicted octanol–water partition coefficient (Wildman–Crippen LogP) is -0.292. The summed E-state index contributed by atoms with van der Waals surface area (Å²) >= 11 is 6.26. The highest BCUT2D eigenvalue weighted by Gasteiger charge is 2.74. The Bertz CT molecular complexity index is 919. The van der Waals surface area contributed by atoms with Gasteiger partial charge in [0.15, 0.2) is 0 Å². The van der Waals surface area contributed by atoms with Crippen LogP contribution in [0.2, 0.25) is 5.02 Å². The van der Waals surface area contributed by atoms with E-state index in [1.807, 2.05) is 6.92 Å². The number of nitrogens with two attached hydrogens (primary N) is 2. The SMILES string of the molecule is CC[C@H](C)N1C(=O)[C@@H]2[C@H](CC(N)=O)[NH2+][C@@]3(C(=O)Nc4c(Cl)cccc43)[C@@H]2C1=O. The first kappa shape index (κ1) is 18.9. The predicted molar refractivity (Wildman–Crippen MR) is 99.9 cm³/mol. The van der Waals surface area contributed by atoms with Gasteiger partial charge in [-0.15, -0.1) is 0 Å². The molecule has 5 N–H and O–H groups in total. The minimum absolute atomic E-state index is 0.0978. The molecule has 1 aromatic carbocycles. The number of halogens is 1. The molecule has 8 nitrogen and oxygen atoms in total. The third-order valence-electron chi connectivity index (χ3n) is 6.36. The number of carbonyl (C=O) groups excluding carboxylic acids is 4. The highest BCUT2D eigenvalue weighted by Crippen LogP contribution is 2.51. The van der Waals surface area contributed by atoms with Crippen LogP contribution in [0.5, 0.6) is 0 Å². The van der Waals surface area contributed by atoms with Crippen molar-refractivity contribution >= 4 is 40.9 Å². The van der Waals surface area contributed by atoms with Crippen LogP contribution < -0.4 is 16.4 Å². The molecule has 3 aliphatic rings. The van der Waals surface area contributed by atoms with Crippen LogP contribution in [0.15, 0.2) is 18.2 Å². The van der Waals surface area contributed by atoms with E-state index in [2.05, 4.69) is 5.32 Å². The van der Waals surface area contributed by atoms with Crippen LogP contribution in [0.3, 0.4) is 0 Å². The van der Waals surface area contributed by atoms with Gasteiger partial charge in [-0.1, -0.05) is 24.6 Å². The van der Waals surface area contributed by atoms with Crippen molar-refractivity contribution < 1.29 is 24.5 Å².